The Morgan fingerprint density at radius 2 is 2.17 bits per heavy atom. The van der Waals surface area contributed by atoms with Crippen molar-refractivity contribution >= 4 is 17.4 Å². The van der Waals surface area contributed by atoms with Crippen molar-refractivity contribution in [2.45, 2.75) is 0 Å². The molecule has 1 aromatic rings. The van der Waals surface area contributed by atoms with Gasteiger partial charge in [0, 0.05) is 12.6 Å². The molecule has 0 saturated heterocycles. The molecule has 0 aromatic carbocycles. The Kier molecular flexibility index (Phi) is 3.33. The van der Waals surface area contributed by atoms with Crippen LogP contribution < -0.4 is 5.32 Å². The molecule has 0 fully saturated rings. The van der Waals surface area contributed by atoms with E-state index in [2.05, 4.69) is 15.3 Å². The molecule has 1 aromatic heterocycles. The smallest absolute Gasteiger partial charge is 0.233 e. The summed E-state index contributed by atoms with van der Waals surface area (Å²) in [4.78, 5) is 31.5. The Balaban J connectivity index is 2.50. The molecule has 94 valence electrons. The van der Waals surface area contributed by atoms with Crippen LogP contribution in [0.5, 0.6) is 0 Å². The van der Waals surface area contributed by atoms with Crippen molar-refractivity contribution in [3.8, 4) is 0 Å². The number of carbonyl (C=O) groups excluding carboxylic acids is 2. The summed E-state index contributed by atoms with van der Waals surface area (Å²) < 4.78 is 4.85. The molecule has 7 heteroatoms. The van der Waals surface area contributed by atoms with Crippen LogP contribution in [0.2, 0.25) is 0 Å². The fraction of sp³-hybridized carbons (Fsp3) is 0.273. The van der Waals surface area contributed by atoms with Gasteiger partial charge in [-0.1, -0.05) is 0 Å². The van der Waals surface area contributed by atoms with Crippen molar-refractivity contribution in [3.63, 3.8) is 0 Å². The van der Waals surface area contributed by atoms with E-state index in [1.807, 2.05) is 0 Å². The molecule has 1 heterocycles. The minimum atomic E-state index is -0.451. The summed E-state index contributed by atoms with van der Waals surface area (Å²) in [6.07, 6.45) is 2.29. The molecule has 0 amide bonds. The van der Waals surface area contributed by atoms with Crippen molar-refractivity contribution in [1.82, 2.24) is 9.97 Å². The number of nitrogens with one attached hydrogen (secondary N) is 1. The minimum Gasteiger partial charge on any atom is -0.492 e. The second-order valence-electron chi connectivity index (χ2n) is 3.50. The van der Waals surface area contributed by atoms with Gasteiger partial charge in [0.1, 0.15) is 17.8 Å². The van der Waals surface area contributed by atoms with E-state index in [1.165, 1.54) is 13.4 Å². The molecule has 1 aliphatic carbocycles. The lowest BCUT2D eigenvalue weighted by Gasteiger charge is -2.16. The van der Waals surface area contributed by atoms with Gasteiger partial charge in [-0.25, -0.2) is 9.97 Å². The number of ether oxygens (including phenoxy) is 1. The topological polar surface area (TPSA) is 101 Å². The van der Waals surface area contributed by atoms with Crippen molar-refractivity contribution in [2.24, 2.45) is 0 Å². The molecule has 7 nitrogen and oxygen atoms in total. The van der Waals surface area contributed by atoms with Crippen LogP contribution in [-0.4, -0.2) is 46.9 Å². The zero-order valence-electron chi connectivity index (χ0n) is 9.64. The maximum atomic E-state index is 12.0. The summed E-state index contributed by atoms with van der Waals surface area (Å²) in [7, 11) is 1.31. The highest BCUT2D eigenvalue weighted by Crippen LogP contribution is 2.24. The first-order valence-corrected chi connectivity index (χ1v) is 5.23. The molecule has 0 spiro atoms. The molecular formula is C11H11N3O4. The number of Topliss-reactive ketones (excluding diaryl/α,β-unsaturated/α-hetero) is 1. The summed E-state index contributed by atoms with van der Waals surface area (Å²) >= 11 is 0. The number of hydrogen-bond acceptors (Lipinski definition) is 7. The third-order valence-corrected chi connectivity index (χ3v) is 2.42. The van der Waals surface area contributed by atoms with Gasteiger partial charge in [-0.05, 0) is 0 Å². The lowest BCUT2D eigenvalue weighted by molar-refractivity contribution is 0.0914. The first-order valence-electron chi connectivity index (χ1n) is 5.23. The highest BCUT2D eigenvalue weighted by Gasteiger charge is 2.30. The van der Waals surface area contributed by atoms with Crippen molar-refractivity contribution in [1.29, 1.82) is 0 Å². The van der Waals surface area contributed by atoms with Gasteiger partial charge in [0.25, 0.3) is 0 Å². The van der Waals surface area contributed by atoms with Crippen LogP contribution in [0.3, 0.4) is 0 Å². The van der Waals surface area contributed by atoms with E-state index in [1.54, 1.807) is 0 Å². The van der Waals surface area contributed by atoms with Crippen molar-refractivity contribution in [3.05, 3.63) is 29.4 Å². The second kappa shape index (κ2) is 4.92. The molecule has 2 rings (SSSR count). The lowest BCUT2D eigenvalue weighted by Crippen LogP contribution is -2.23. The predicted molar refractivity (Wildman–Crippen MR) is 61.4 cm³/mol. The van der Waals surface area contributed by atoms with Gasteiger partial charge in [-0.2, -0.15) is 0 Å². The van der Waals surface area contributed by atoms with E-state index in [-0.39, 0.29) is 36.0 Å². The van der Waals surface area contributed by atoms with E-state index >= 15 is 0 Å². The third kappa shape index (κ3) is 1.95. The first-order chi connectivity index (χ1) is 8.69. The Morgan fingerprint density at radius 3 is 2.83 bits per heavy atom. The lowest BCUT2D eigenvalue weighted by atomic mass is 9.98. The van der Waals surface area contributed by atoms with E-state index in [0.717, 1.165) is 6.08 Å². The quantitative estimate of drug-likeness (QED) is 0.761. The average Bonchev–Trinajstić information content (AvgIpc) is 2.40. The largest absolute Gasteiger partial charge is 0.492 e. The van der Waals surface area contributed by atoms with Gasteiger partial charge in [0.05, 0.1) is 19.3 Å². The number of aliphatic hydroxyl groups excluding tert-OH is 1. The number of aromatic nitrogens is 2. The van der Waals surface area contributed by atoms with Gasteiger partial charge in [0.2, 0.25) is 11.6 Å². The molecule has 0 aliphatic heterocycles. The van der Waals surface area contributed by atoms with Gasteiger partial charge in [-0.3, -0.25) is 9.59 Å². The van der Waals surface area contributed by atoms with E-state index in [4.69, 9.17) is 9.84 Å². The number of carbonyl (C=O) groups is 2. The van der Waals surface area contributed by atoms with Gasteiger partial charge < -0.3 is 15.2 Å². The number of methoxy groups -OCH3 is 1. The monoisotopic (exact) mass is 249 g/mol. The first kappa shape index (κ1) is 12.2. The third-order valence-electron chi connectivity index (χ3n) is 2.42. The van der Waals surface area contributed by atoms with E-state index in [0.29, 0.717) is 0 Å². The van der Waals surface area contributed by atoms with Crippen LogP contribution in [0, 0.1) is 0 Å². The normalized spacial score (nSPS) is 14.0. The molecule has 0 atom stereocenters. The summed E-state index contributed by atoms with van der Waals surface area (Å²) in [5, 5.41) is 11.5. The standard InChI is InChI=1S/C11H11N3O4/c1-18-7-4-6(16)9-8(10(7)17)11(12-2-3-15)14-5-13-9/h4-5,15H,2-3H2,1H3,(H,12,13,14). The zero-order chi connectivity index (χ0) is 13.1. The van der Waals surface area contributed by atoms with Crippen LogP contribution >= 0.6 is 0 Å². The molecule has 0 unspecified atom stereocenters. The minimum absolute atomic E-state index is 0.0382. The van der Waals surface area contributed by atoms with Crippen LogP contribution in [0.4, 0.5) is 5.82 Å². The Bertz CT molecular complexity index is 539. The van der Waals surface area contributed by atoms with Gasteiger partial charge in [0.15, 0.2) is 5.76 Å². The Labute approximate surface area is 103 Å². The van der Waals surface area contributed by atoms with Crippen molar-refractivity contribution in [2.75, 3.05) is 25.6 Å². The van der Waals surface area contributed by atoms with Crippen molar-refractivity contribution < 1.29 is 19.4 Å². The summed E-state index contributed by atoms with van der Waals surface area (Å²) in [6, 6.07) is 0. The number of ketones is 2. The fourth-order valence-corrected chi connectivity index (χ4v) is 1.62. The SMILES string of the molecule is COC1=CC(=O)c2ncnc(NCCO)c2C1=O. The molecule has 2 N–H and O–H groups in total. The number of allylic oxidation sites excluding steroid dienone is 2. The van der Waals surface area contributed by atoms with Gasteiger partial charge >= 0.3 is 0 Å². The fourth-order valence-electron chi connectivity index (χ4n) is 1.62. The number of nitrogens with zero attached hydrogens (tertiary/aromatic N) is 2. The molecule has 0 bridgehead atoms. The second-order valence-corrected chi connectivity index (χ2v) is 3.50. The summed E-state index contributed by atoms with van der Waals surface area (Å²) in [6.45, 7) is 0.102. The highest BCUT2D eigenvalue weighted by molar-refractivity contribution is 6.24. The molecule has 0 saturated carbocycles. The molecule has 18 heavy (non-hydrogen) atoms. The van der Waals surface area contributed by atoms with Crippen LogP contribution in [0.15, 0.2) is 18.2 Å². The summed E-state index contributed by atoms with van der Waals surface area (Å²) in [5.74, 6) is -0.687. The Morgan fingerprint density at radius 1 is 1.39 bits per heavy atom. The molecular weight excluding hydrogens is 238 g/mol. The average molecular weight is 249 g/mol. The van der Waals surface area contributed by atoms with E-state index < -0.39 is 11.6 Å². The molecule has 0 radical (unpaired) electrons. The maximum absolute atomic E-state index is 12.0. The van der Waals surface area contributed by atoms with Gasteiger partial charge in [-0.15, -0.1) is 0 Å². The van der Waals surface area contributed by atoms with Crippen LogP contribution in [0.25, 0.3) is 0 Å². The molecule has 1 aliphatic rings. The number of rotatable bonds is 4. The number of fused-ring (bicyclic) bond motifs is 1. The Hall–Kier alpha value is -2.28. The highest BCUT2D eigenvalue weighted by atomic mass is 16.5. The van der Waals surface area contributed by atoms with Crippen LogP contribution in [-0.2, 0) is 4.74 Å². The number of aliphatic hydroxyl groups is 1. The number of hydrogen-bond donors (Lipinski definition) is 2. The van der Waals surface area contributed by atoms with E-state index in [9.17, 15) is 9.59 Å². The maximum Gasteiger partial charge on any atom is 0.233 e. The summed E-state index contributed by atoms with van der Waals surface area (Å²) in [5.41, 5.74) is 0.117. The predicted octanol–water partition coefficient (Wildman–Crippen LogP) is -0.210. The van der Waals surface area contributed by atoms with Crippen LogP contribution in [0.1, 0.15) is 20.8 Å². The number of anilines is 1. The zero-order valence-corrected chi connectivity index (χ0v) is 9.64.